The highest BCUT2D eigenvalue weighted by Crippen LogP contribution is 2.36. The van der Waals surface area contributed by atoms with Gasteiger partial charge in [-0.25, -0.2) is 0 Å². The van der Waals surface area contributed by atoms with Crippen molar-refractivity contribution in [3.8, 4) is 0 Å². The molecule has 0 saturated carbocycles. The van der Waals surface area contributed by atoms with Gasteiger partial charge in [-0.05, 0) is 35.2 Å². The molecule has 1 N–H and O–H groups in total. The maximum absolute atomic E-state index is 10.8. The largest absolute Gasteiger partial charge is 0.407 e. The molecule has 1 unspecified atom stereocenters. The Balaban J connectivity index is 2.10. The molecule has 29 heavy (non-hydrogen) atoms. The minimum Gasteiger partial charge on any atom is -0.407 e. The number of benzene rings is 2. The molecule has 0 bridgehead atoms. The van der Waals surface area contributed by atoms with Gasteiger partial charge in [-0.15, -0.1) is 0 Å². The topological polar surface area (TPSA) is 46.5 Å². The lowest BCUT2D eigenvalue weighted by molar-refractivity contribution is -0.123. The summed E-state index contributed by atoms with van der Waals surface area (Å²) in [4.78, 5) is 10.8. The molecule has 2 aromatic carbocycles. The summed E-state index contributed by atoms with van der Waals surface area (Å²) in [6, 6.07) is 21.4. The number of unbranched alkanes of at least 4 members (excludes halogenated alkanes) is 3. The van der Waals surface area contributed by atoms with Crippen LogP contribution in [0.4, 0.5) is 0 Å². The minimum absolute atomic E-state index is 0.00162. The molecule has 0 aromatic heterocycles. The summed E-state index contributed by atoms with van der Waals surface area (Å²) in [7, 11) is -2.44. The van der Waals surface area contributed by atoms with Crippen LogP contribution in [0.5, 0.6) is 0 Å². The van der Waals surface area contributed by atoms with E-state index >= 15 is 0 Å². The van der Waals surface area contributed by atoms with Crippen molar-refractivity contribution in [3.05, 3.63) is 60.7 Å². The summed E-state index contributed by atoms with van der Waals surface area (Å²) in [6.45, 7) is 9.17. The predicted octanol–water partition coefficient (Wildman–Crippen LogP) is 4.46. The van der Waals surface area contributed by atoms with Crippen LogP contribution in [0.2, 0.25) is 5.04 Å². The zero-order valence-corrected chi connectivity index (χ0v) is 19.4. The van der Waals surface area contributed by atoms with Gasteiger partial charge in [-0.1, -0.05) is 101 Å². The molecule has 0 radical (unpaired) electrons. The molecule has 0 aliphatic heterocycles. The van der Waals surface area contributed by atoms with Crippen LogP contribution >= 0.6 is 0 Å². The van der Waals surface area contributed by atoms with Crippen LogP contribution in [0.1, 0.15) is 59.8 Å². The van der Waals surface area contributed by atoms with E-state index in [1.165, 1.54) is 10.4 Å². The van der Waals surface area contributed by atoms with Gasteiger partial charge in [-0.2, -0.15) is 0 Å². The van der Waals surface area contributed by atoms with Crippen molar-refractivity contribution >= 4 is 25.0 Å². The van der Waals surface area contributed by atoms with Gasteiger partial charge in [0.05, 0.1) is 0 Å². The van der Waals surface area contributed by atoms with Crippen LogP contribution in [0, 0.1) is 0 Å². The van der Waals surface area contributed by atoms with Gasteiger partial charge in [0.1, 0.15) is 5.60 Å². The Morgan fingerprint density at radius 3 is 1.76 bits per heavy atom. The third-order valence-electron chi connectivity index (χ3n) is 5.57. The lowest BCUT2D eigenvalue weighted by atomic mass is 10.00. The second-order valence-corrected chi connectivity index (χ2v) is 13.5. The van der Waals surface area contributed by atoms with Crippen LogP contribution in [-0.2, 0) is 9.22 Å². The third-order valence-corrected chi connectivity index (χ3v) is 10.6. The lowest BCUT2D eigenvalue weighted by Gasteiger charge is -2.43. The monoisotopic (exact) mass is 412 g/mol. The first-order valence-electron chi connectivity index (χ1n) is 10.7. The van der Waals surface area contributed by atoms with Gasteiger partial charge in [0.25, 0.3) is 8.32 Å². The molecule has 158 valence electrons. The second kappa shape index (κ2) is 10.3. The van der Waals surface area contributed by atoms with Gasteiger partial charge in [-0.3, -0.25) is 0 Å². The number of rotatable bonds is 11. The van der Waals surface area contributed by atoms with E-state index in [4.69, 9.17) is 4.43 Å². The average Bonchev–Trinajstić information content (AvgIpc) is 2.70. The summed E-state index contributed by atoms with van der Waals surface area (Å²) < 4.78 is 6.87. The first-order valence-corrected chi connectivity index (χ1v) is 12.6. The Morgan fingerprint density at radius 2 is 1.31 bits per heavy atom. The second-order valence-electron chi connectivity index (χ2n) is 9.15. The predicted molar refractivity (Wildman–Crippen MR) is 123 cm³/mol. The Labute approximate surface area is 177 Å². The Bertz CT molecular complexity index is 696. The molecule has 0 fully saturated rings. The van der Waals surface area contributed by atoms with Crippen molar-refractivity contribution in [1.82, 2.24) is 0 Å². The van der Waals surface area contributed by atoms with E-state index in [1.807, 2.05) is 0 Å². The Morgan fingerprint density at radius 1 is 0.828 bits per heavy atom. The van der Waals surface area contributed by atoms with Crippen molar-refractivity contribution in [1.29, 1.82) is 0 Å². The normalized spacial score (nSPS) is 14.4. The molecule has 2 rings (SSSR count). The molecule has 0 spiro atoms. The molecule has 1 atom stereocenters. The lowest BCUT2D eigenvalue weighted by Crippen LogP contribution is -2.66. The van der Waals surface area contributed by atoms with E-state index in [-0.39, 0.29) is 5.04 Å². The van der Waals surface area contributed by atoms with Crippen LogP contribution in [-0.4, -0.2) is 31.9 Å². The molecule has 0 heterocycles. The molecule has 0 saturated heterocycles. The highest BCUT2D eigenvalue weighted by molar-refractivity contribution is 6.99. The van der Waals surface area contributed by atoms with E-state index in [1.54, 1.807) is 6.92 Å². The zero-order chi connectivity index (χ0) is 21.4. The molecule has 0 amide bonds. The number of aliphatic hydroxyl groups is 1. The number of aldehydes is 1. The van der Waals surface area contributed by atoms with E-state index < -0.39 is 13.9 Å². The highest BCUT2D eigenvalue weighted by Gasteiger charge is 2.49. The SMILES string of the molecule is CC(O)(C=O)CCCCCCO[Si](c1ccccc1)(c1ccccc1)C(C)(C)C. The maximum Gasteiger partial charge on any atom is 0.261 e. The average molecular weight is 413 g/mol. The third kappa shape index (κ3) is 6.11. The first-order chi connectivity index (χ1) is 13.7. The molecule has 0 aliphatic rings. The van der Waals surface area contributed by atoms with E-state index in [9.17, 15) is 9.90 Å². The molecule has 0 aliphatic carbocycles. The first kappa shape index (κ1) is 23.5. The Kier molecular flexibility index (Phi) is 8.38. The number of carbonyl (C=O) groups is 1. The summed E-state index contributed by atoms with van der Waals surface area (Å²) in [5.74, 6) is 0. The number of hydrogen-bond acceptors (Lipinski definition) is 3. The molecule has 2 aromatic rings. The summed E-state index contributed by atoms with van der Waals surface area (Å²) >= 11 is 0. The van der Waals surface area contributed by atoms with Gasteiger partial charge in [0.15, 0.2) is 6.29 Å². The van der Waals surface area contributed by atoms with Crippen LogP contribution in [0.15, 0.2) is 60.7 Å². The number of carbonyl (C=O) groups excluding carboxylic acids is 1. The van der Waals surface area contributed by atoms with E-state index in [0.29, 0.717) is 12.7 Å². The fourth-order valence-corrected chi connectivity index (χ4v) is 8.59. The van der Waals surface area contributed by atoms with Crippen molar-refractivity contribution in [2.75, 3.05) is 6.61 Å². The standard InChI is InChI=1S/C25H36O3Si/c1-24(2,3)29(22-15-9-7-10-16-22,23-17-11-8-12-18-23)28-20-14-6-5-13-19-25(4,27)21-26/h7-12,15-18,21,27H,5-6,13-14,19-20H2,1-4H3. The van der Waals surface area contributed by atoms with Crippen LogP contribution < -0.4 is 10.4 Å². The summed E-state index contributed by atoms with van der Waals surface area (Å²) in [5, 5.41) is 12.4. The van der Waals surface area contributed by atoms with Gasteiger partial charge >= 0.3 is 0 Å². The molecule has 4 heteroatoms. The molecular formula is C25H36O3Si. The van der Waals surface area contributed by atoms with Crippen molar-refractivity contribution in [3.63, 3.8) is 0 Å². The van der Waals surface area contributed by atoms with Crippen molar-refractivity contribution in [2.24, 2.45) is 0 Å². The summed E-state index contributed by atoms with van der Waals surface area (Å²) in [5.41, 5.74) is -1.19. The summed E-state index contributed by atoms with van der Waals surface area (Å²) in [6.07, 6.45) is 5.02. The van der Waals surface area contributed by atoms with E-state index in [2.05, 4.69) is 81.4 Å². The quantitative estimate of drug-likeness (QED) is 0.337. The van der Waals surface area contributed by atoms with Gasteiger partial charge in [0, 0.05) is 6.61 Å². The highest BCUT2D eigenvalue weighted by atomic mass is 28.4. The van der Waals surface area contributed by atoms with Crippen LogP contribution in [0.25, 0.3) is 0 Å². The van der Waals surface area contributed by atoms with Crippen LogP contribution in [0.3, 0.4) is 0 Å². The van der Waals surface area contributed by atoms with Crippen molar-refractivity contribution < 1.29 is 14.3 Å². The Hall–Kier alpha value is -1.75. The smallest absolute Gasteiger partial charge is 0.261 e. The van der Waals surface area contributed by atoms with Gasteiger partial charge in [0.2, 0.25) is 0 Å². The fourth-order valence-electron chi connectivity index (χ4n) is 3.98. The zero-order valence-electron chi connectivity index (χ0n) is 18.4. The molecule has 3 nitrogen and oxygen atoms in total. The van der Waals surface area contributed by atoms with Crippen molar-refractivity contribution in [2.45, 2.75) is 70.4 Å². The maximum atomic E-state index is 10.8. The van der Waals surface area contributed by atoms with E-state index in [0.717, 1.165) is 32.3 Å². The fraction of sp³-hybridized carbons (Fsp3) is 0.480. The number of hydrogen-bond donors (Lipinski definition) is 1. The molecular weight excluding hydrogens is 376 g/mol. The minimum atomic E-state index is -2.44. The van der Waals surface area contributed by atoms with Gasteiger partial charge < -0.3 is 14.3 Å².